The number of hydrogen-bond donors (Lipinski definition) is 0. The summed E-state index contributed by atoms with van der Waals surface area (Å²) in [4.78, 5) is 15.2. The van der Waals surface area contributed by atoms with E-state index in [4.69, 9.17) is 9.47 Å². The van der Waals surface area contributed by atoms with E-state index in [1.54, 1.807) is 7.11 Å². The summed E-state index contributed by atoms with van der Waals surface area (Å²) in [6, 6.07) is 8.57. The number of rotatable bonds is 20. The molecule has 0 radical (unpaired) electrons. The molecule has 0 amide bonds. The van der Waals surface area contributed by atoms with Gasteiger partial charge < -0.3 is 14.4 Å². The van der Waals surface area contributed by atoms with E-state index in [0.29, 0.717) is 13.0 Å². The van der Waals surface area contributed by atoms with Gasteiger partial charge in [0.15, 0.2) is 5.78 Å². The Hall–Kier alpha value is -2.76. The SMILES string of the molecule is C=C(CCCCC(=O)C1=CCC(OC)C=C1)CC(C)(Cc1ccc(OCCCCC(/C=C\C)=C(/C)F)cc1)CN1CCCC1.CC. The van der Waals surface area contributed by atoms with Crippen molar-refractivity contribution < 1.29 is 18.7 Å². The first-order valence-corrected chi connectivity index (χ1v) is 17.7. The molecule has 0 saturated carbocycles. The Bertz CT molecular complexity index is 1170. The van der Waals surface area contributed by atoms with Crippen molar-refractivity contribution in [3.05, 3.63) is 89.3 Å². The van der Waals surface area contributed by atoms with Crippen molar-refractivity contribution in [2.45, 2.75) is 118 Å². The highest BCUT2D eigenvalue weighted by molar-refractivity contribution is 5.98. The molecule has 3 rings (SSSR count). The van der Waals surface area contributed by atoms with Crippen LogP contribution in [-0.4, -0.2) is 50.1 Å². The Kier molecular flexibility index (Phi) is 18.8. The lowest BCUT2D eigenvalue weighted by molar-refractivity contribution is -0.115. The molecule has 1 aliphatic heterocycles. The number of likely N-dealkylation sites (tertiary alicyclic amines) is 1. The molecular formula is C41H62FNO3. The number of halogens is 1. The van der Waals surface area contributed by atoms with Crippen LogP contribution < -0.4 is 4.74 Å². The van der Waals surface area contributed by atoms with E-state index >= 15 is 0 Å². The summed E-state index contributed by atoms with van der Waals surface area (Å²) in [6.07, 6.45) is 21.0. The van der Waals surface area contributed by atoms with Crippen LogP contribution in [0.1, 0.15) is 111 Å². The Morgan fingerprint density at radius 2 is 1.74 bits per heavy atom. The van der Waals surface area contributed by atoms with Gasteiger partial charge in [-0.05, 0) is 126 Å². The minimum atomic E-state index is -0.0983. The highest BCUT2D eigenvalue weighted by Crippen LogP contribution is 2.34. The maximum atomic E-state index is 13.6. The van der Waals surface area contributed by atoms with Gasteiger partial charge >= 0.3 is 0 Å². The normalized spacial score (nSPS) is 18.4. The van der Waals surface area contributed by atoms with Crippen molar-refractivity contribution >= 4 is 5.78 Å². The number of unbranched alkanes of at least 4 members (excludes halogenated alkanes) is 2. The molecule has 0 spiro atoms. The number of ether oxygens (including phenoxy) is 2. The van der Waals surface area contributed by atoms with Crippen molar-refractivity contribution in [2.75, 3.05) is 33.4 Å². The van der Waals surface area contributed by atoms with Crippen LogP contribution in [0.2, 0.25) is 0 Å². The average molecular weight is 636 g/mol. The fourth-order valence-corrected chi connectivity index (χ4v) is 6.51. The first-order chi connectivity index (χ1) is 22.2. The van der Waals surface area contributed by atoms with Crippen LogP contribution in [0.25, 0.3) is 0 Å². The summed E-state index contributed by atoms with van der Waals surface area (Å²) >= 11 is 0. The molecule has 5 heteroatoms. The molecule has 1 aliphatic carbocycles. The zero-order valence-corrected chi connectivity index (χ0v) is 29.8. The molecule has 0 bridgehead atoms. The summed E-state index contributed by atoms with van der Waals surface area (Å²) in [5.74, 6) is 1.02. The summed E-state index contributed by atoms with van der Waals surface area (Å²) in [5.41, 5.74) is 4.31. The molecule has 0 N–H and O–H groups in total. The summed E-state index contributed by atoms with van der Waals surface area (Å²) in [6.45, 7) is 18.4. The molecule has 1 saturated heterocycles. The third kappa shape index (κ3) is 14.8. The largest absolute Gasteiger partial charge is 0.494 e. The minimum Gasteiger partial charge on any atom is -0.494 e. The van der Waals surface area contributed by atoms with Gasteiger partial charge in [0.25, 0.3) is 0 Å². The van der Waals surface area contributed by atoms with Gasteiger partial charge in [0, 0.05) is 25.6 Å². The van der Waals surface area contributed by atoms with Gasteiger partial charge in [-0.25, -0.2) is 4.39 Å². The summed E-state index contributed by atoms with van der Waals surface area (Å²) < 4.78 is 24.9. The first kappa shape index (κ1) is 39.4. The number of hydrogen-bond acceptors (Lipinski definition) is 4. The molecule has 0 aromatic heterocycles. The molecule has 1 fully saturated rings. The van der Waals surface area contributed by atoms with Crippen molar-refractivity contribution in [3.63, 3.8) is 0 Å². The third-order valence-corrected chi connectivity index (χ3v) is 8.82. The van der Waals surface area contributed by atoms with Gasteiger partial charge in [-0.3, -0.25) is 4.79 Å². The number of carbonyl (C=O) groups excluding carboxylic acids is 1. The second-order valence-electron chi connectivity index (χ2n) is 13.1. The smallest absolute Gasteiger partial charge is 0.162 e. The Morgan fingerprint density at radius 3 is 2.35 bits per heavy atom. The molecular weight excluding hydrogens is 573 g/mol. The number of carbonyl (C=O) groups is 1. The van der Waals surface area contributed by atoms with Gasteiger partial charge in [-0.2, -0.15) is 0 Å². The number of allylic oxidation sites excluding steroid dienone is 7. The van der Waals surface area contributed by atoms with Crippen molar-refractivity contribution in [1.82, 2.24) is 4.90 Å². The second kappa shape index (κ2) is 21.9. The zero-order chi connectivity index (χ0) is 33.8. The van der Waals surface area contributed by atoms with Gasteiger partial charge in [0.2, 0.25) is 0 Å². The zero-order valence-electron chi connectivity index (χ0n) is 29.8. The molecule has 1 heterocycles. The van der Waals surface area contributed by atoms with Crippen LogP contribution in [0.4, 0.5) is 4.39 Å². The van der Waals surface area contributed by atoms with Gasteiger partial charge in [0.05, 0.1) is 18.5 Å². The standard InChI is InChI=1S/C39H56FNO3.C2H6/c1-6-13-34(32(3)40)15-9-12-27-44-37-21-17-33(18-22-37)29-39(4,30-41-25-10-11-26-41)28-31(2)14-7-8-16-38(42)35-19-23-36(43-5)24-20-35;1-2/h6,13,17-23,36H,2,7-12,14-16,24-30H2,1,3-5H3;1-2H3/b13-6-,34-32-;. The first-order valence-electron chi connectivity index (χ1n) is 17.7. The molecule has 1 aromatic carbocycles. The monoisotopic (exact) mass is 635 g/mol. The third-order valence-electron chi connectivity index (χ3n) is 8.82. The average Bonchev–Trinajstić information content (AvgIpc) is 3.56. The molecule has 2 unspecified atom stereocenters. The lowest BCUT2D eigenvalue weighted by Gasteiger charge is -2.35. The maximum absolute atomic E-state index is 13.6. The highest BCUT2D eigenvalue weighted by atomic mass is 19.1. The number of nitrogens with zero attached hydrogens (tertiary/aromatic N) is 1. The van der Waals surface area contributed by atoms with Gasteiger partial charge in [-0.15, -0.1) is 0 Å². The fraction of sp³-hybridized carbons (Fsp3) is 0.585. The van der Waals surface area contributed by atoms with E-state index < -0.39 is 0 Å². The lowest BCUT2D eigenvalue weighted by Crippen LogP contribution is -2.36. The minimum absolute atomic E-state index is 0.0884. The molecule has 46 heavy (non-hydrogen) atoms. The van der Waals surface area contributed by atoms with Gasteiger partial charge in [0.1, 0.15) is 5.75 Å². The molecule has 4 nitrogen and oxygen atoms in total. The van der Waals surface area contributed by atoms with Crippen molar-refractivity contribution in [2.24, 2.45) is 5.41 Å². The number of benzene rings is 1. The summed E-state index contributed by atoms with van der Waals surface area (Å²) in [7, 11) is 1.70. The van der Waals surface area contributed by atoms with E-state index in [1.807, 2.05) is 51.2 Å². The molecule has 2 aliphatic rings. The van der Waals surface area contributed by atoms with Crippen LogP contribution in [0, 0.1) is 5.41 Å². The van der Waals surface area contributed by atoms with Crippen LogP contribution in [0.15, 0.2) is 83.8 Å². The maximum Gasteiger partial charge on any atom is 0.162 e. The van der Waals surface area contributed by atoms with E-state index in [0.717, 1.165) is 81.2 Å². The predicted octanol–water partition coefficient (Wildman–Crippen LogP) is 10.7. The van der Waals surface area contributed by atoms with Crippen molar-refractivity contribution in [3.8, 4) is 5.75 Å². The predicted molar refractivity (Wildman–Crippen MR) is 193 cm³/mol. The van der Waals surface area contributed by atoms with Crippen LogP contribution >= 0.6 is 0 Å². The topological polar surface area (TPSA) is 38.8 Å². The molecule has 2 atom stereocenters. The highest BCUT2D eigenvalue weighted by Gasteiger charge is 2.29. The van der Waals surface area contributed by atoms with Crippen LogP contribution in [0.5, 0.6) is 5.75 Å². The number of methoxy groups -OCH3 is 1. The lowest BCUT2D eigenvalue weighted by atomic mass is 9.77. The van der Waals surface area contributed by atoms with Crippen LogP contribution in [0.3, 0.4) is 0 Å². The second-order valence-corrected chi connectivity index (χ2v) is 13.1. The van der Waals surface area contributed by atoms with E-state index in [-0.39, 0.29) is 23.1 Å². The van der Waals surface area contributed by atoms with Gasteiger partial charge in [-0.1, -0.05) is 75.4 Å². The Balaban J connectivity index is 0.00000361. The van der Waals surface area contributed by atoms with E-state index in [9.17, 15) is 9.18 Å². The van der Waals surface area contributed by atoms with Crippen LogP contribution in [-0.2, 0) is 16.0 Å². The molecule has 1 aromatic rings. The van der Waals surface area contributed by atoms with E-state index in [2.05, 4.69) is 42.7 Å². The Labute approximate surface area is 280 Å². The summed E-state index contributed by atoms with van der Waals surface area (Å²) in [5, 5.41) is 0. The van der Waals surface area contributed by atoms with E-state index in [1.165, 1.54) is 44.0 Å². The Morgan fingerprint density at radius 1 is 1.07 bits per heavy atom. The number of ketones is 1. The molecule has 256 valence electrons. The fourth-order valence-electron chi connectivity index (χ4n) is 6.51. The quantitative estimate of drug-likeness (QED) is 0.0812. The van der Waals surface area contributed by atoms with Crippen molar-refractivity contribution in [1.29, 1.82) is 0 Å². The number of Topliss-reactive ketones (excluding diaryl/α,β-unsaturated/α-hetero) is 1.